The van der Waals surface area contributed by atoms with Gasteiger partial charge in [0.15, 0.2) is 0 Å². The summed E-state index contributed by atoms with van der Waals surface area (Å²) in [5.41, 5.74) is 4.54. The summed E-state index contributed by atoms with van der Waals surface area (Å²) in [6, 6.07) is 2.07. The van der Waals surface area contributed by atoms with Crippen LogP contribution in [0.4, 0.5) is 0 Å². The fraction of sp³-hybridized carbons (Fsp3) is 0.421. The molecule has 0 radical (unpaired) electrons. The number of aromatic amines is 1. The highest BCUT2D eigenvalue weighted by Gasteiger charge is 2.21. The van der Waals surface area contributed by atoms with E-state index in [9.17, 15) is 4.79 Å². The van der Waals surface area contributed by atoms with Gasteiger partial charge in [0.25, 0.3) is 0 Å². The number of nitrogens with zero attached hydrogens (tertiary/aromatic N) is 4. The number of pyridine rings is 1. The van der Waals surface area contributed by atoms with Crippen LogP contribution in [0, 0.1) is 13.8 Å². The number of rotatable bonds is 3. The Morgan fingerprint density at radius 2 is 2.04 bits per heavy atom. The Morgan fingerprint density at radius 1 is 1.27 bits per heavy atom. The monoisotopic (exact) mass is 353 g/mol. The van der Waals surface area contributed by atoms with Crippen molar-refractivity contribution in [1.29, 1.82) is 0 Å². The Labute approximate surface area is 152 Å². The maximum Gasteiger partial charge on any atom is 0.227 e. The summed E-state index contributed by atoms with van der Waals surface area (Å²) in [5.74, 6) is 0.941. The SMILES string of the molecule is Cc1noc(C)c1-c1cnc2[nH]cc(CC(=O)N3CCN(C)CC3)c2c1. The molecule has 1 amide bonds. The van der Waals surface area contributed by atoms with Gasteiger partial charge in [0.2, 0.25) is 5.91 Å². The normalized spacial score (nSPS) is 15.7. The third-order valence-electron chi connectivity index (χ3n) is 5.14. The van der Waals surface area contributed by atoms with Gasteiger partial charge in [0, 0.05) is 55.1 Å². The van der Waals surface area contributed by atoms with Gasteiger partial charge in [-0.1, -0.05) is 5.16 Å². The van der Waals surface area contributed by atoms with Crippen molar-refractivity contribution in [2.75, 3.05) is 33.2 Å². The lowest BCUT2D eigenvalue weighted by atomic mass is 10.0. The molecule has 1 fully saturated rings. The maximum atomic E-state index is 12.7. The number of aryl methyl sites for hydroxylation is 2. The molecule has 3 aromatic rings. The van der Waals surface area contributed by atoms with E-state index in [1.54, 1.807) is 0 Å². The molecule has 7 heteroatoms. The van der Waals surface area contributed by atoms with Gasteiger partial charge >= 0.3 is 0 Å². The predicted octanol–water partition coefficient (Wildman–Crippen LogP) is 2.15. The highest BCUT2D eigenvalue weighted by molar-refractivity contribution is 5.89. The Morgan fingerprint density at radius 3 is 2.73 bits per heavy atom. The largest absolute Gasteiger partial charge is 0.361 e. The van der Waals surface area contributed by atoms with Crippen molar-refractivity contribution >= 4 is 16.9 Å². The number of aromatic nitrogens is 3. The number of H-pyrrole nitrogens is 1. The second-order valence-electron chi connectivity index (χ2n) is 6.99. The average molecular weight is 353 g/mol. The molecule has 136 valence electrons. The smallest absolute Gasteiger partial charge is 0.227 e. The van der Waals surface area contributed by atoms with E-state index in [1.165, 1.54) is 0 Å². The number of likely N-dealkylation sites (N-methyl/N-ethyl adjacent to an activating group) is 1. The van der Waals surface area contributed by atoms with Crippen molar-refractivity contribution in [1.82, 2.24) is 24.9 Å². The lowest BCUT2D eigenvalue weighted by molar-refractivity contribution is -0.132. The van der Waals surface area contributed by atoms with Crippen LogP contribution in [0.25, 0.3) is 22.2 Å². The molecule has 0 aliphatic carbocycles. The van der Waals surface area contributed by atoms with Crippen LogP contribution in [0.1, 0.15) is 17.0 Å². The van der Waals surface area contributed by atoms with E-state index in [2.05, 4.69) is 33.1 Å². The zero-order valence-electron chi connectivity index (χ0n) is 15.4. The molecule has 1 saturated heterocycles. The van der Waals surface area contributed by atoms with Crippen LogP contribution in [0.2, 0.25) is 0 Å². The lowest BCUT2D eigenvalue weighted by Gasteiger charge is -2.32. The second-order valence-corrected chi connectivity index (χ2v) is 6.99. The highest BCUT2D eigenvalue weighted by atomic mass is 16.5. The molecule has 26 heavy (non-hydrogen) atoms. The lowest BCUT2D eigenvalue weighted by Crippen LogP contribution is -2.47. The minimum Gasteiger partial charge on any atom is -0.361 e. The molecule has 4 rings (SSSR count). The van der Waals surface area contributed by atoms with Crippen molar-refractivity contribution < 1.29 is 9.32 Å². The van der Waals surface area contributed by atoms with Crippen molar-refractivity contribution in [3.8, 4) is 11.1 Å². The molecule has 1 N–H and O–H groups in total. The topological polar surface area (TPSA) is 78.3 Å². The first-order valence-electron chi connectivity index (χ1n) is 8.88. The summed E-state index contributed by atoms with van der Waals surface area (Å²) in [4.78, 5) is 24.6. The molecule has 1 aliphatic heterocycles. The standard InChI is InChI=1S/C19H23N5O2/c1-12-18(13(2)26-22-12)15-8-16-14(10-20-19(16)21-11-15)9-17(25)24-6-4-23(3)5-7-24/h8,10-11H,4-7,9H2,1-3H3,(H,20,21). The van der Waals surface area contributed by atoms with E-state index in [0.717, 1.165) is 65.4 Å². The predicted molar refractivity (Wildman–Crippen MR) is 98.8 cm³/mol. The molecule has 0 saturated carbocycles. The van der Waals surface area contributed by atoms with Crippen molar-refractivity contribution in [3.63, 3.8) is 0 Å². The first-order valence-corrected chi connectivity index (χ1v) is 8.88. The average Bonchev–Trinajstić information content (AvgIpc) is 3.18. The Kier molecular flexibility index (Phi) is 4.24. The first kappa shape index (κ1) is 16.8. The quantitative estimate of drug-likeness (QED) is 0.781. The van der Waals surface area contributed by atoms with Crippen molar-refractivity contribution in [2.24, 2.45) is 0 Å². The Hall–Kier alpha value is -2.67. The van der Waals surface area contributed by atoms with E-state index in [-0.39, 0.29) is 5.91 Å². The van der Waals surface area contributed by atoms with E-state index < -0.39 is 0 Å². The summed E-state index contributed by atoms with van der Waals surface area (Å²) < 4.78 is 5.28. The van der Waals surface area contributed by atoms with Crippen LogP contribution in [0.15, 0.2) is 23.0 Å². The fourth-order valence-corrected chi connectivity index (χ4v) is 3.57. The van der Waals surface area contributed by atoms with Crippen LogP contribution < -0.4 is 0 Å². The number of carbonyl (C=O) groups excluding carboxylic acids is 1. The van der Waals surface area contributed by atoms with Gasteiger partial charge in [0.1, 0.15) is 11.4 Å². The van der Waals surface area contributed by atoms with Gasteiger partial charge in [-0.2, -0.15) is 0 Å². The number of hydrogen-bond acceptors (Lipinski definition) is 5. The van der Waals surface area contributed by atoms with Gasteiger partial charge in [-0.05, 0) is 32.5 Å². The summed E-state index contributed by atoms with van der Waals surface area (Å²) in [6.45, 7) is 7.26. The van der Waals surface area contributed by atoms with Gasteiger partial charge in [0.05, 0.1) is 12.1 Å². The van der Waals surface area contributed by atoms with Crippen LogP contribution in [-0.4, -0.2) is 64.1 Å². The van der Waals surface area contributed by atoms with E-state index in [0.29, 0.717) is 6.42 Å². The molecule has 4 heterocycles. The van der Waals surface area contributed by atoms with Gasteiger partial charge in [-0.3, -0.25) is 4.79 Å². The zero-order chi connectivity index (χ0) is 18.3. The third kappa shape index (κ3) is 2.99. The summed E-state index contributed by atoms with van der Waals surface area (Å²) in [5, 5.41) is 5.00. The molecule has 3 aromatic heterocycles. The van der Waals surface area contributed by atoms with Crippen LogP contribution in [0.5, 0.6) is 0 Å². The third-order valence-corrected chi connectivity index (χ3v) is 5.14. The molecule has 1 aliphatic rings. The molecular formula is C19H23N5O2. The van der Waals surface area contributed by atoms with E-state index in [4.69, 9.17) is 4.52 Å². The minimum absolute atomic E-state index is 0.168. The van der Waals surface area contributed by atoms with Crippen LogP contribution >= 0.6 is 0 Å². The number of carbonyl (C=O) groups is 1. The van der Waals surface area contributed by atoms with Crippen LogP contribution in [-0.2, 0) is 11.2 Å². The Balaban J connectivity index is 1.62. The Bertz CT molecular complexity index is 931. The molecule has 7 nitrogen and oxygen atoms in total. The number of fused-ring (bicyclic) bond motifs is 1. The fourth-order valence-electron chi connectivity index (χ4n) is 3.57. The van der Waals surface area contributed by atoms with E-state index in [1.807, 2.05) is 31.1 Å². The molecule has 0 bridgehead atoms. The second kappa shape index (κ2) is 6.57. The van der Waals surface area contributed by atoms with Crippen molar-refractivity contribution in [2.45, 2.75) is 20.3 Å². The first-order chi connectivity index (χ1) is 12.5. The summed E-state index contributed by atoms with van der Waals surface area (Å²) in [7, 11) is 2.09. The van der Waals surface area contributed by atoms with Gasteiger partial charge in [-0.15, -0.1) is 0 Å². The van der Waals surface area contributed by atoms with Gasteiger partial charge < -0.3 is 19.3 Å². The molecular weight excluding hydrogens is 330 g/mol. The van der Waals surface area contributed by atoms with Gasteiger partial charge in [-0.25, -0.2) is 4.98 Å². The number of piperazine rings is 1. The minimum atomic E-state index is 0.168. The van der Waals surface area contributed by atoms with Crippen molar-refractivity contribution in [3.05, 3.63) is 35.5 Å². The highest BCUT2D eigenvalue weighted by Crippen LogP contribution is 2.29. The molecule has 0 atom stereocenters. The maximum absolute atomic E-state index is 12.7. The molecule has 0 unspecified atom stereocenters. The number of hydrogen-bond donors (Lipinski definition) is 1. The zero-order valence-corrected chi connectivity index (χ0v) is 15.4. The summed E-state index contributed by atoms with van der Waals surface area (Å²) in [6.07, 6.45) is 4.09. The molecule has 0 spiro atoms. The number of amides is 1. The summed E-state index contributed by atoms with van der Waals surface area (Å²) >= 11 is 0. The van der Waals surface area contributed by atoms with Crippen LogP contribution in [0.3, 0.4) is 0 Å². The number of nitrogens with one attached hydrogen (secondary N) is 1. The molecule has 0 aromatic carbocycles. The van der Waals surface area contributed by atoms with E-state index >= 15 is 0 Å².